The van der Waals surface area contributed by atoms with Crippen LogP contribution in [-0.4, -0.2) is 27.2 Å². The minimum absolute atomic E-state index is 0.0300. The SMILES string of the molecule is Nc1ccc2c(C[C@H](N)C(=O)O)c[nH]c2c1O. The zero-order valence-electron chi connectivity index (χ0n) is 8.97. The first-order valence-electron chi connectivity index (χ1n) is 5.06. The van der Waals surface area contributed by atoms with Gasteiger partial charge in [0.2, 0.25) is 0 Å². The van der Waals surface area contributed by atoms with Crippen LogP contribution in [0.2, 0.25) is 0 Å². The Balaban J connectivity index is 2.44. The van der Waals surface area contributed by atoms with Gasteiger partial charge < -0.3 is 26.7 Å². The minimum Gasteiger partial charge on any atom is -0.504 e. The van der Waals surface area contributed by atoms with Crippen LogP contribution in [0.25, 0.3) is 10.9 Å². The van der Waals surface area contributed by atoms with E-state index in [9.17, 15) is 9.90 Å². The molecule has 0 spiro atoms. The second kappa shape index (κ2) is 3.99. The van der Waals surface area contributed by atoms with Gasteiger partial charge in [0, 0.05) is 18.0 Å². The Bertz CT molecular complexity index is 577. The van der Waals surface area contributed by atoms with Crippen molar-refractivity contribution >= 4 is 22.6 Å². The van der Waals surface area contributed by atoms with Gasteiger partial charge in [0.05, 0.1) is 11.2 Å². The van der Waals surface area contributed by atoms with Crippen molar-refractivity contribution in [1.29, 1.82) is 0 Å². The molecule has 6 nitrogen and oxygen atoms in total. The van der Waals surface area contributed by atoms with E-state index in [1.165, 1.54) is 0 Å². The van der Waals surface area contributed by atoms with Crippen molar-refractivity contribution in [2.45, 2.75) is 12.5 Å². The Kier molecular flexibility index (Phi) is 2.64. The quantitative estimate of drug-likeness (QED) is 0.389. The second-order valence-electron chi connectivity index (χ2n) is 3.89. The largest absolute Gasteiger partial charge is 0.504 e. The zero-order chi connectivity index (χ0) is 12.6. The van der Waals surface area contributed by atoms with Crippen LogP contribution in [0, 0.1) is 0 Å². The number of aromatic nitrogens is 1. The maximum atomic E-state index is 10.7. The lowest BCUT2D eigenvalue weighted by Crippen LogP contribution is -2.32. The predicted octanol–water partition coefficient (Wildman–Crippen LogP) is 0.410. The summed E-state index contributed by atoms with van der Waals surface area (Å²) in [5.74, 6) is -1.09. The number of rotatable bonds is 3. The highest BCUT2D eigenvalue weighted by molar-refractivity contribution is 5.92. The molecule has 1 aromatic carbocycles. The van der Waals surface area contributed by atoms with E-state index in [4.69, 9.17) is 16.6 Å². The van der Waals surface area contributed by atoms with Crippen LogP contribution in [0.4, 0.5) is 5.69 Å². The van der Waals surface area contributed by atoms with Crippen LogP contribution in [0.3, 0.4) is 0 Å². The van der Waals surface area contributed by atoms with E-state index in [-0.39, 0.29) is 17.9 Å². The molecule has 0 aliphatic heterocycles. The fourth-order valence-corrected chi connectivity index (χ4v) is 1.75. The van der Waals surface area contributed by atoms with Crippen molar-refractivity contribution in [3.05, 3.63) is 23.9 Å². The topological polar surface area (TPSA) is 125 Å². The monoisotopic (exact) mass is 235 g/mol. The highest BCUT2D eigenvalue weighted by Gasteiger charge is 2.16. The summed E-state index contributed by atoms with van der Waals surface area (Å²) in [6, 6.07) is 2.33. The van der Waals surface area contributed by atoms with Crippen LogP contribution in [0.5, 0.6) is 5.75 Å². The molecule has 0 radical (unpaired) electrons. The highest BCUT2D eigenvalue weighted by atomic mass is 16.4. The molecule has 0 aliphatic carbocycles. The molecule has 2 rings (SSSR count). The van der Waals surface area contributed by atoms with Crippen molar-refractivity contribution in [2.24, 2.45) is 5.73 Å². The first-order chi connectivity index (χ1) is 8.00. The number of hydrogen-bond acceptors (Lipinski definition) is 4. The lowest BCUT2D eigenvalue weighted by atomic mass is 10.1. The summed E-state index contributed by atoms with van der Waals surface area (Å²) < 4.78 is 0. The number of H-pyrrole nitrogens is 1. The standard InChI is InChI=1S/C11H13N3O3/c12-7-2-1-6-5(3-8(13)11(16)17)4-14-9(6)10(7)15/h1-2,4,8,14-15H,3,12-13H2,(H,16,17)/t8-/m0/s1. The number of aromatic hydroxyl groups is 1. The summed E-state index contributed by atoms with van der Waals surface area (Å²) in [5, 5.41) is 19.2. The predicted molar refractivity (Wildman–Crippen MR) is 63.7 cm³/mol. The number of nitrogens with two attached hydrogens (primary N) is 2. The van der Waals surface area contributed by atoms with Gasteiger partial charge in [0.25, 0.3) is 0 Å². The number of aromatic amines is 1. The Morgan fingerprint density at radius 3 is 2.82 bits per heavy atom. The molecule has 6 heteroatoms. The average molecular weight is 235 g/mol. The summed E-state index contributed by atoms with van der Waals surface area (Å²) in [7, 11) is 0. The third-order valence-electron chi connectivity index (χ3n) is 2.70. The van der Waals surface area contributed by atoms with Crippen molar-refractivity contribution in [3.63, 3.8) is 0 Å². The number of nitrogen functional groups attached to an aromatic ring is 1. The Labute approximate surface area is 96.8 Å². The molecule has 1 heterocycles. The molecule has 0 amide bonds. The molecule has 0 fully saturated rings. The smallest absolute Gasteiger partial charge is 0.320 e. The fourth-order valence-electron chi connectivity index (χ4n) is 1.75. The molecule has 2 aromatic rings. The number of benzene rings is 1. The van der Waals surface area contributed by atoms with E-state index >= 15 is 0 Å². The lowest BCUT2D eigenvalue weighted by Gasteiger charge is -2.05. The fraction of sp³-hybridized carbons (Fsp3) is 0.182. The number of carbonyl (C=O) groups is 1. The molecule has 0 unspecified atom stereocenters. The van der Waals surface area contributed by atoms with E-state index in [1.807, 2.05) is 0 Å². The van der Waals surface area contributed by atoms with Gasteiger partial charge in [-0.05, 0) is 11.6 Å². The number of nitrogens with one attached hydrogen (secondary N) is 1. The summed E-state index contributed by atoms with van der Waals surface area (Å²) in [5.41, 5.74) is 12.5. The number of phenols is 1. The lowest BCUT2D eigenvalue weighted by molar-refractivity contribution is -0.138. The number of anilines is 1. The Morgan fingerprint density at radius 2 is 2.18 bits per heavy atom. The van der Waals surface area contributed by atoms with Gasteiger partial charge in [0.1, 0.15) is 6.04 Å². The van der Waals surface area contributed by atoms with Gasteiger partial charge in [-0.1, -0.05) is 6.07 Å². The van der Waals surface area contributed by atoms with E-state index < -0.39 is 12.0 Å². The maximum Gasteiger partial charge on any atom is 0.320 e. The Morgan fingerprint density at radius 1 is 1.47 bits per heavy atom. The first-order valence-corrected chi connectivity index (χ1v) is 5.06. The van der Waals surface area contributed by atoms with Crippen LogP contribution in [0.1, 0.15) is 5.56 Å². The first kappa shape index (κ1) is 11.3. The zero-order valence-corrected chi connectivity index (χ0v) is 8.97. The van der Waals surface area contributed by atoms with Gasteiger partial charge in [-0.25, -0.2) is 0 Å². The molecule has 7 N–H and O–H groups in total. The van der Waals surface area contributed by atoms with Gasteiger partial charge in [-0.3, -0.25) is 4.79 Å². The summed E-state index contributed by atoms with van der Waals surface area (Å²) in [6.45, 7) is 0. The average Bonchev–Trinajstić information content (AvgIpc) is 2.67. The van der Waals surface area contributed by atoms with Gasteiger partial charge in [-0.2, -0.15) is 0 Å². The molecular formula is C11H13N3O3. The van der Waals surface area contributed by atoms with Crippen molar-refractivity contribution in [3.8, 4) is 5.75 Å². The molecule has 1 atom stereocenters. The second-order valence-corrected chi connectivity index (χ2v) is 3.89. The normalized spacial score (nSPS) is 12.8. The van der Waals surface area contributed by atoms with Crippen LogP contribution >= 0.6 is 0 Å². The molecule has 1 aromatic heterocycles. The Hall–Kier alpha value is -2.21. The van der Waals surface area contributed by atoms with E-state index in [1.54, 1.807) is 18.3 Å². The van der Waals surface area contributed by atoms with Crippen LogP contribution < -0.4 is 11.5 Å². The van der Waals surface area contributed by atoms with Gasteiger partial charge in [0.15, 0.2) is 5.75 Å². The van der Waals surface area contributed by atoms with E-state index in [2.05, 4.69) is 4.98 Å². The molecule has 0 saturated carbocycles. The molecule has 0 saturated heterocycles. The van der Waals surface area contributed by atoms with Crippen molar-refractivity contribution in [2.75, 3.05) is 5.73 Å². The number of hydrogen-bond donors (Lipinski definition) is 5. The summed E-state index contributed by atoms with van der Waals surface area (Å²) in [6.07, 6.45) is 1.82. The number of carboxylic acids is 1. The molecule has 17 heavy (non-hydrogen) atoms. The van der Waals surface area contributed by atoms with Crippen LogP contribution in [-0.2, 0) is 11.2 Å². The van der Waals surface area contributed by atoms with Crippen LogP contribution in [0.15, 0.2) is 18.3 Å². The molecular weight excluding hydrogens is 222 g/mol. The third-order valence-corrected chi connectivity index (χ3v) is 2.70. The minimum atomic E-state index is -1.06. The number of fused-ring (bicyclic) bond motifs is 1. The van der Waals surface area contributed by atoms with E-state index in [0.717, 1.165) is 10.9 Å². The maximum absolute atomic E-state index is 10.7. The van der Waals surface area contributed by atoms with Gasteiger partial charge in [-0.15, -0.1) is 0 Å². The molecule has 90 valence electrons. The summed E-state index contributed by atoms with van der Waals surface area (Å²) >= 11 is 0. The number of carboxylic acid groups (broad SMARTS) is 1. The van der Waals surface area contributed by atoms with E-state index in [0.29, 0.717) is 5.52 Å². The molecule has 0 aliphatic rings. The summed E-state index contributed by atoms with van der Waals surface area (Å²) in [4.78, 5) is 13.5. The van der Waals surface area contributed by atoms with Crippen molar-refractivity contribution < 1.29 is 15.0 Å². The third kappa shape index (κ3) is 1.90. The highest BCUT2D eigenvalue weighted by Crippen LogP contribution is 2.31. The number of phenolic OH excluding ortho intramolecular Hbond substituents is 1. The number of aliphatic carboxylic acids is 1. The van der Waals surface area contributed by atoms with Crippen molar-refractivity contribution in [1.82, 2.24) is 4.98 Å². The molecule has 0 bridgehead atoms. The van der Waals surface area contributed by atoms with Gasteiger partial charge >= 0.3 is 5.97 Å².